The molecule has 0 aliphatic carbocycles. The second-order valence-corrected chi connectivity index (χ2v) is 7.14. The number of aryl methyl sites for hydroxylation is 2. The fourth-order valence-electron chi connectivity index (χ4n) is 3.55. The van der Waals surface area contributed by atoms with Crippen molar-refractivity contribution in [3.05, 3.63) is 76.7 Å². The lowest BCUT2D eigenvalue weighted by Crippen LogP contribution is -2.28. The van der Waals surface area contributed by atoms with Gasteiger partial charge in [-0.25, -0.2) is 0 Å². The average molecular weight is 392 g/mol. The number of para-hydroxylation sites is 2. The summed E-state index contributed by atoms with van der Waals surface area (Å²) in [6.07, 6.45) is 1.70. The molecule has 0 bridgehead atoms. The van der Waals surface area contributed by atoms with Crippen LogP contribution >= 0.6 is 0 Å². The number of hydrogen-bond acceptors (Lipinski definition) is 5. The van der Waals surface area contributed by atoms with Crippen LogP contribution in [-0.2, 0) is 6.61 Å². The Morgan fingerprint density at radius 1 is 1.17 bits per heavy atom. The molecule has 6 nitrogen and oxygen atoms in total. The topological polar surface area (TPSA) is 73.6 Å². The van der Waals surface area contributed by atoms with Gasteiger partial charge in [0, 0.05) is 5.56 Å². The third-order valence-electron chi connectivity index (χ3n) is 5.18. The van der Waals surface area contributed by atoms with Crippen LogP contribution in [0.4, 0.5) is 0 Å². The molecule has 4 rings (SSSR count). The Morgan fingerprint density at radius 2 is 1.97 bits per heavy atom. The number of amides is 1. The van der Waals surface area contributed by atoms with E-state index in [9.17, 15) is 4.79 Å². The number of carbonyl (C=O) groups excluding carboxylic acids is 1. The molecular formula is C23H24N2O4. The number of nitrogens with one attached hydrogen (secondary N) is 1. The number of nitrogens with zero attached hydrogens (tertiary/aromatic N) is 1. The third-order valence-corrected chi connectivity index (χ3v) is 5.18. The van der Waals surface area contributed by atoms with Crippen LogP contribution < -0.4 is 14.8 Å². The fourth-order valence-corrected chi connectivity index (χ4v) is 3.55. The first-order valence-electron chi connectivity index (χ1n) is 9.79. The highest BCUT2D eigenvalue weighted by Crippen LogP contribution is 2.32. The Morgan fingerprint density at radius 3 is 2.79 bits per heavy atom. The lowest BCUT2D eigenvalue weighted by Gasteiger charge is -2.19. The summed E-state index contributed by atoms with van der Waals surface area (Å²) in [6.45, 7) is 4.67. The van der Waals surface area contributed by atoms with Gasteiger partial charge in [-0.05, 0) is 44.9 Å². The molecule has 2 aromatic carbocycles. The molecule has 1 N–H and O–H groups in total. The highest BCUT2D eigenvalue weighted by Gasteiger charge is 2.23. The Bertz CT molecular complexity index is 992. The van der Waals surface area contributed by atoms with E-state index in [1.807, 2.05) is 50.2 Å². The summed E-state index contributed by atoms with van der Waals surface area (Å²) in [6, 6.07) is 15.0. The predicted octanol–water partition coefficient (Wildman–Crippen LogP) is 4.51. The molecule has 0 saturated carbocycles. The van der Waals surface area contributed by atoms with Gasteiger partial charge in [-0.2, -0.15) is 0 Å². The Hall–Kier alpha value is -3.28. The predicted molar refractivity (Wildman–Crippen MR) is 108 cm³/mol. The molecule has 1 aliphatic rings. The van der Waals surface area contributed by atoms with Crippen LogP contribution in [0.1, 0.15) is 51.8 Å². The number of benzene rings is 2. The summed E-state index contributed by atoms with van der Waals surface area (Å²) < 4.78 is 16.9. The zero-order valence-electron chi connectivity index (χ0n) is 16.6. The Labute approximate surface area is 169 Å². The lowest BCUT2D eigenvalue weighted by molar-refractivity contribution is 0.0930. The molecule has 0 fully saturated rings. The highest BCUT2D eigenvalue weighted by atomic mass is 16.5. The largest absolute Gasteiger partial charge is 0.493 e. The van der Waals surface area contributed by atoms with Crippen molar-refractivity contribution < 1.29 is 18.8 Å². The van der Waals surface area contributed by atoms with Crippen LogP contribution in [0.25, 0.3) is 0 Å². The number of fused-ring (bicyclic) bond motifs is 1. The van der Waals surface area contributed by atoms with Gasteiger partial charge >= 0.3 is 0 Å². The summed E-state index contributed by atoms with van der Waals surface area (Å²) in [5.74, 6) is 1.92. The van der Waals surface area contributed by atoms with Crippen molar-refractivity contribution in [2.24, 2.45) is 0 Å². The van der Waals surface area contributed by atoms with Crippen LogP contribution in [0.3, 0.4) is 0 Å². The van der Waals surface area contributed by atoms with E-state index >= 15 is 0 Å². The van der Waals surface area contributed by atoms with Crippen molar-refractivity contribution in [3.8, 4) is 11.5 Å². The van der Waals surface area contributed by atoms with Gasteiger partial charge in [0.05, 0.1) is 29.5 Å². The molecule has 0 radical (unpaired) electrons. The van der Waals surface area contributed by atoms with Crippen molar-refractivity contribution in [2.45, 2.75) is 39.3 Å². The van der Waals surface area contributed by atoms with Crippen LogP contribution in [0, 0.1) is 13.8 Å². The van der Waals surface area contributed by atoms with Gasteiger partial charge in [-0.3, -0.25) is 4.79 Å². The van der Waals surface area contributed by atoms with Crippen molar-refractivity contribution in [1.82, 2.24) is 10.5 Å². The van der Waals surface area contributed by atoms with Crippen LogP contribution in [0.5, 0.6) is 11.5 Å². The molecular weight excluding hydrogens is 368 g/mol. The lowest BCUT2D eigenvalue weighted by atomic mass is 10.0. The third kappa shape index (κ3) is 4.11. The monoisotopic (exact) mass is 392 g/mol. The minimum Gasteiger partial charge on any atom is -0.493 e. The quantitative estimate of drug-likeness (QED) is 0.691. The first-order valence-corrected chi connectivity index (χ1v) is 9.79. The van der Waals surface area contributed by atoms with Gasteiger partial charge in [0.25, 0.3) is 5.91 Å². The molecule has 29 heavy (non-hydrogen) atoms. The summed E-state index contributed by atoms with van der Waals surface area (Å²) in [5.41, 5.74) is 3.20. The normalized spacial score (nSPS) is 15.7. The Kier molecular flexibility index (Phi) is 5.51. The molecule has 1 aromatic heterocycles. The Balaban J connectivity index is 1.52. The average Bonchev–Trinajstić information content (AvgIpc) is 2.93. The smallest absolute Gasteiger partial charge is 0.255 e. The molecule has 0 saturated heterocycles. The van der Waals surface area contributed by atoms with Gasteiger partial charge in [0.1, 0.15) is 23.9 Å². The summed E-state index contributed by atoms with van der Waals surface area (Å²) in [7, 11) is 0. The second kappa shape index (κ2) is 8.39. The van der Waals surface area contributed by atoms with E-state index in [0.29, 0.717) is 24.5 Å². The molecule has 6 heteroatoms. The molecule has 1 amide bonds. The molecule has 0 spiro atoms. The van der Waals surface area contributed by atoms with Crippen molar-refractivity contribution >= 4 is 5.91 Å². The standard InChI is InChI=1S/C23H24N2O4/c1-15-19(16(2)29-25-15)14-28-22-12-6-4-9-18(22)23(26)24-20-10-7-13-27-21-11-5-3-8-17(20)21/h3-6,8-9,11-12,20H,7,10,13-14H2,1-2H3,(H,24,26)/t20-/m1/s1. The van der Waals surface area contributed by atoms with E-state index in [0.717, 1.165) is 41.2 Å². The summed E-state index contributed by atoms with van der Waals surface area (Å²) in [5, 5.41) is 7.11. The minimum absolute atomic E-state index is 0.100. The summed E-state index contributed by atoms with van der Waals surface area (Å²) >= 11 is 0. The maximum absolute atomic E-state index is 13.1. The van der Waals surface area contributed by atoms with Crippen molar-refractivity contribution in [1.29, 1.82) is 0 Å². The van der Waals surface area contributed by atoms with Crippen LogP contribution in [-0.4, -0.2) is 17.7 Å². The molecule has 0 unspecified atom stereocenters. The van der Waals surface area contributed by atoms with E-state index in [4.69, 9.17) is 14.0 Å². The SMILES string of the molecule is Cc1noc(C)c1COc1ccccc1C(=O)N[C@@H]1CCCOc2ccccc21. The molecule has 150 valence electrons. The maximum atomic E-state index is 13.1. The van der Waals surface area contributed by atoms with Gasteiger partial charge < -0.3 is 19.3 Å². The fraction of sp³-hybridized carbons (Fsp3) is 0.304. The molecule has 2 heterocycles. The second-order valence-electron chi connectivity index (χ2n) is 7.14. The van der Waals surface area contributed by atoms with Crippen molar-refractivity contribution in [2.75, 3.05) is 6.61 Å². The van der Waals surface area contributed by atoms with Gasteiger partial charge in [0.2, 0.25) is 0 Å². The van der Waals surface area contributed by atoms with Gasteiger partial charge in [-0.1, -0.05) is 35.5 Å². The molecule has 1 atom stereocenters. The minimum atomic E-state index is -0.166. The number of carbonyl (C=O) groups is 1. The van der Waals surface area contributed by atoms with E-state index in [2.05, 4.69) is 10.5 Å². The van der Waals surface area contributed by atoms with E-state index in [1.165, 1.54) is 0 Å². The zero-order chi connectivity index (χ0) is 20.2. The van der Waals surface area contributed by atoms with Crippen LogP contribution in [0.15, 0.2) is 53.1 Å². The van der Waals surface area contributed by atoms with E-state index in [1.54, 1.807) is 12.1 Å². The molecule has 1 aliphatic heterocycles. The van der Waals surface area contributed by atoms with E-state index < -0.39 is 0 Å². The number of rotatable bonds is 5. The first-order chi connectivity index (χ1) is 14.1. The highest BCUT2D eigenvalue weighted by molar-refractivity contribution is 5.97. The molecule has 3 aromatic rings. The van der Waals surface area contributed by atoms with Gasteiger partial charge in [0.15, 0.2) is 0 Å². The number of aromatic nitrogens is 1. The van der Waals surface area contributed by atoms with Gasteiger partial charge in [-0.15, -0.1) is 0 Å². The van der Waals surface area contributed by atoms with E-state index in [-0.39, 0.29) is 11.9 Å². The first kappa shape index (κ1) is 19.1. The maximum Gasteiger partial charge on any atom is 0.255 e. The summed E-state index contributed by atoms with van der Waals surface area (Å²) in [4.78, 5) is 13.1. The van der Waals surface area contributed by atoms with Crippen molar-refractivity contribution in [3.63, 3.8) is 0 Å². The number of ether oxygens (including phenoxy) is 2. The zero-order valence-corrected chi connectivity index (χ0v) is 16.6. The number of hydrogen-bond donors (Lipinski definition) is 1. The van der Waals surface area contributed by atoms with Crippen LogP contribution in [0.2, 0.25) is 0 Å².